The zero-order chi connectivity index (χ0) is 13.1. The lowest BCUT2D eigenvalue weighted by Crippen LogP contribution is -2.11. The van der Waals surface area contributed by atoms with Crippen LogP contribution in [0.2, 0.25) is 0 Å². The first kappa shape index (κ1) is 12.0. The number of hydrogen-bond acceptors (Lipinski definition) is 4. The number of hydrogen-bond donors (Lipinski definition) is 1. The van der Waals surface area contributed by atoms with Gasteiger partial charge >= 0.3 is 0 Å². The van der Waals surface area contributed by atoms with Crippen LogP contribution < -0.4 is 4.74 Å². The molecule has 19 heavy (non-hydrogen) atoms. The molecule has 0 aliphatic heterocycles. The van der Waals surface area contributed by atoms with Crippen molar-refractivity contribution in [1.82, 2.24) is 15.0 Å². The van der Waals surface area contributed by atoms with E-state index in [1.165, 1.54) is 12.8 Å². The number of aromatic nitrogens is 3. The highest BCUT2D eigenvalue weighted by atomic mass is 16.5. The predicted octanol–water partition coefficient (Wildman–Crippen LogP) is 1.94. The van der Waals surface area contributed by atoms with Crippen LogP contribution in [0.1, 0.15) is 24.2 Å². The lowest BCUT2D eigenvalue weighted by atomic mass is 10.0. The molecule has 2 aromatic rings. The summed E-state index contributed by atoms with van der Waals surface area (Å²) in [6.07, 6.45) is 4.54. The Kier molecular flexibility index (Phi) is 3.35. The maximum absolute atomic E-state index is 9.17. The molecular weight excluding hydrogens is 242 g/mol. The van der Waals surface area contributed by atoms with Gasteiger partial charge in [-0.05, 0) is 49.9 Å². The van der Waals surface area contributed by atoms with Crippen molar-refractivity contribution in [3.05, 3.63) is 35.7 Å². The molecule has 1 aliphatic carbocycles. The molecule has 1 aromatic heterocycles. The van der Waals surface area contributed by atoms with Gasteiger partial charge < -0.3 is 9.84 Å². The van der Waals surface area contributed by atoms with Crippen molar-refractivity contribution in [2.75, 3.05) is 6.61 Å². The Hall–Kier alpha value is -2.04. The summed E-state index contributed by atoms with van der Waals surface area (Å²) in [5.74, 6) is 0.989. The molecule has 1 N–H and O–H groups in total. The second-order valence-corrected chi connectivity index (χ2v) is 4.74. The van der Waals surface area contributed by atoms with E-state index in [0.717, 1.165) is 30.0 Å². The van der Waals surface area contributed by atoms with Gasteiger partial charge in [0.05, 0.1) is 17.9 Å². The molecule has 0 amide bonds. The van der Waals surface area contributed by atoms with Crippen LogP contribution in [0.3, 0.4) is 0 Å². The van der Waals surface area contributed by atoms with E-state index in [2.05, 4.69) is 10.2 Å². The van der Waals surface area contributed by atoms with E-state index in [9.17, 15) is 5.11 Å². The fraction of sp³-hybridized carbons (Fsp3) is 0.429. The second-order valence-electron chi connectivity index (χ2n) is 4.74. The van der Waals surface area contributed by atoms with Crippen molar-refractivity contribution < 1.29 is 9.84 Å². The van der Waals surface area contributed by atoms with E-state index in [1.54, 1.807) is 29.1 Å². The average molecular weight is 259 g/mol. The SMILES string of the molecule is Oc1ccc(OCCn2nc3c(n2)CCCC3)cc1. The molecule has 100 valence electrons. The lowest BCUT2D eigenvalue weighted by molar-refractivity contribution is 0.281. The van der Waals surface area contributed by atoms with Gasteiger partial charge in [-0.2, -0.15) is 15.0 Å². The first-order valence-corrected chi connectivity index (χ1v) is 6.66. The number of fused-ring (bicyclic) bond motifs is 1. The minimum Gasteiger partial charge on any atom is -0.508 e. The number of phenolic OH excluding ortho intramolecular Hbond substituents is 1. The van der Waals surface area contributed by atoms with Gasteiger partial charge in [0, 0.05) is 0 Å². The van der Waals surface area contributed by atoms with E-state index < -0.39 is 0 Å². The molecule has 1 aromatic carbocycles. The monoisotopic (exact) mass is 259 g/mol. The Balaban J connectivity index is 1.54. The van der Waals surface area contributed by atoms with E-state index in [-0.39, 0.29) is 5.75 Å². The fourth-order valence-electron chi connectivity index (χ4n) is 2.28. The third kappa shape index (κ3) is 2.86. The number of ether oxygens (including phenoxy) is 1. The number of nitrogens with zero attached hydrogens (tertiary/aromatic N) is 3. The van der Waals surface area contributed by atoms with Gasteiger partial charge in [-0.3, -0.25) is 0 Å². The standard InChI is InChI=1S/C14H17N3O2/c18-11-5-7-12(8-6-11)19-10-9-17-15-13-3-1-2-4-14(13)16-17/h5-8,18H,1-4,9-10H2. The highest BCUT2D eigenvalue weighted by molar-refractivity contribution is 5.29. The van der Waals surface area contributed by atoms with Gasteiger partial charge in [-0.25, -0.2) is 0 Å². The zero-order valence-corrected chi connectivity index (χ0v) is 10.7. The first-order chi connectivity index (χ1) is 9.31. The van der Waals surface area contributed by atoms with E-state index in [0.29, 0.717) is 13.2 Å². The van der Waals surface area contributed by atoms with Crippen molar-refractivity contribution in [1.29, 1.82) is 0 Å². The maximum atomic E-state index is 9.17. The summed E-state index contributed by atoms with van der Waals surface area (Å²) in [6, 6.07) is 6.72. The molecular formula is C14H17N3O2. The number of rotatable bonds is 4. The molecule has 0 fully saturated rings. The molecule has 1 heterocycles. The Morgan fingerprint density at radius 2 is 1.68 bits per heavy atom. The summed E-state index contributed by atoms with van der Waals surface area (Å²) in [5, 5.41) is 18.1. The van der Waals surface area contributed by atoms with Crippen molar-refractivity contribution >= 4 is 0 Å². The largest absolute Gasteiger partial charge is 0.508 e. The summed E-state index contributed by atoms with van der Waals surface area (Å²) >= 11 is 0. The number of phenols is 1. The zero-order valence-electron chi connectivity index (χ0n) is 10.7. The van der Waals surface area contributed by atoms with E-state index >= 15 is 0 Å². The normalized spacial score (nSPS) is 14.1. The Morgan fingerprint density at radius 1 is 1.05 bits per heavy atom. The maximum Gasteiger partial charge on any atom is 0.119 e. The van der Waals surface area contributed by atoms with Gasteiger partial charge in [0.15, 0.2) is 0 Å². The first-order valence-electron chi connectivity index (χ1n) is 6.66. The minimum atomic E-state index is 0.244. The number of benzene rings is 1. The highest BCUT2D eigenvalue weighted by Crippen LogP contribution is 2.17. The van der Waals surface area contributed by atoms with E-state index in [1.807, 2.05) is 0 Å². The molecule has 1 aliphatic rings. The molecule has 3 rings (SSSR count). The molecule has 0 atom stereocenters. The molecule has 5 heteroatoms. The van der Waals surface area contributed by atoms with Crippen molar-refractivity contribution in [2.24, 2.45) is 0 Å². The molecule has 0 bridgehead atoms. The van der Waals surface area contributed by atoms with Crippen LogP contribution in [0, 0.1) is 0 Å². The highest BCUT2D eigenvalue weighted by Gasteiger charge is 2.14. The molecule has 0 radical (unpaired) electrons. The quantitative estimate of drug-likeness (QED) is 0.911. The van der Waals surface area contributed by atoms with Crippen molar-refractivity contribution in [3.8, 4) is 11.5 Å². The van der Waals surface area contributed by atoms with Gasteiger partial charge in [0.2, 0.25) is 0 Å². The van der Waals surface area contributed by atoms with Crippen LogP contribution in [0.4, 0.5) is 0 Å². The molecule has 0 saturated heterocycles. The summed E-state index contributed by atoms with van der Waals surface area (Å²) in [4.78, 5) is 1.73. The lowest BCUT2D eigenvalue weighted by Gasteiger charge is -2.05. The molecule has 0 spiro atoms. The Bertz CT molecular complexity index is 525. The van der Waals surface area contributed by atoms with Crippen molar-refractivity contribution in [3.63, 3.8) is 0 Å². The van der Waals surface area contributed by atoms with Gasteiger partial charge in [0.25, 0.3) is 0 Å². The van der Waals surface area contributed by atoms with Gasteiger partial charge in [-0.15, -0.1) is 0 Å². The van der Waals surface area contributed by atoms with Crippen LogP contribution in [-0.4, -0.2) is 26.7 Å². The number of aromatic hydroxyl groups is 1. The summed E-state index contributed by atoms with van der Waals surface area (Å²) in [7, 11) is 0. The third-order valence-corrected chi connectivity index (χ3v) is 3.28. The van der Waals surface area contributed by atoms with Crippen molar-refractivity contribution in [2.45, 2.75) is 32.2 Å². The van der Waals surface area contributed by atoms with Gasteiger partial charge in [0.1, 0.15) is 18.1 Å². The molecule has 5 nitrogen and oxygen atoms in total. The minimum absolute atomic E-state index is 0.244. The fourth-order valence-corrected chi connectivity index (χ4v) is 2.28. The van der Waals surface area contributed by atoms with Crippen LogP contribution >= 0.6 is 0 Å². The third-order valence-electron chi connectivity index (χ3n) is 3.28. The second kappa shape index (κ2) is 5.30. The van der Waals surface area contributed by atoms with E-state index in [4.69, 9.17) is 4.74 Å². The van der Waals surface area contributed by atoms with Crippen LogP contribution in [0.5, 0.6) is 11.5 Å². The smallest absolute Gasteiger partial charge is 0.119 e. The summed E-state index contributed by atoms with van der Waals surface area (Å²) in [6.45, 7) is 1.17. The Morgan fingerprint density at radius 3 is 2.32 bits per heavy atom. The Labute approximate surface area is 111 Å². The van der Waals surface area contributed by atoms with Crippen LogP contribution in [0.25, 0.3) is 0 Å². The van der Waals surface area contributed by atoms with Gasteiger partial charge in [-0.1, -0.05) is 0 Å². The summed E-state index contributed by atoms with van der Waals surface area (Å²) in [5.41, 5.74) is 2.30. The van der Waals surface area contributed by atoms with Crippen LogP contribution in [-0.2, 0) is 19.4 Å². The molecule has 0 saturated carbocycles. The number of aryl methyl sites for hydroxylation is 2. The predicted molar refractivity (Wildman–Crippen MR) is 70.3 cm³/mol. The molecule has 0 unspecified atom stereocenters. The summed E-state index contributed by atoms with van der Waals surface area (Å²) < 4.78 is 5.59. The topological polar surface area (TPSA) is 60.2 Å². The average Bonchev–Trinajstić information content (AvgIpc) is 2.83. The van der Waals surface area contributed by atoms with Crippen LogP contribution in [0.15, 0.2) is 24.3 Å².